The first kappa shape index (κ1) is 20.7. The van der Waals surface area contributed by atoms with Crippen LogP contribution in [0.2, 0.25) is 0 Å². The molecule has 30 heavy (non-hydrogen) atoms. The third-order valence-electron chi connectivity index (χ3n) is 5.92. The summed E-state index contributed by atoms with van der Waals surface area (Å²) < 4.78 is 38.7. The van der Waals surface area contributed by atoms with Gasteiger partial charge >= 0.3 is 6.18 Å². The molecular weight excluding hydrogens is 389 g/mol. The van der Waals surface area contributed by atoms with E-state index in [-0.39, 0.29) is 11.9 Å². The summed E-state index contributed by atoms with van der Waals surface area (Å²) in [5, 5.41) is 0. The van der Waals surface area contributed by atoms with Gasteiger partial charge in [-0.15, -0.1) is 0 Å². The molecule has 3 nitrogen and oxygen atoms in total. The fraction of sp³-hybridized carbons (Fsp3) is 0.375. The molecule has 2 heterocycles. The molecule has 0 unspecified atom stereocenters. The molecule has 2 aromatic rings. The predicted molar refractivity (Wildman–Crippen MR) is 111 cm³/mol. The van der Waals surface area contributed by atoms with E-state index >= 15 is 0 Å². The minimum absolute atomic E-state index is 0.0741. The van der Waals surface area contributed by atoms with Crippen LogP contribution in [0.5, 0.6) is 0 Å². The van der Waals surface area contributed by atoms with Crippen molar-refractivity contribution >= 4 is 11.5 Å². The van der Waals surface area contributed by atoms with E-state index in [0.717, 1.165) is 37.3 Å². The number of nitrogens with zero attached hydrogens (tertiary/aromatic N) is 2. The lowest BCUT2D eigenvalue weighted by atomic mass is 9.96. The molecule has 0 aliphatic carbocycles. The van der Waals surface area contributed by atoms with E-state index in [1.165, 1.54) is 25.0 Å². The average Bonchev–Trinajstić information content (AvgIpc) is 3.26. The monoisotopic (exact) mass is 414 g/mol. The Morgan fingerprint density at radius 3 is 2.20 bits per heavy atom. The number of carbonyl (C=O) groups excluding carboxylic acids is 1. The van der Waals surface area contributed by atoms with E-state index in [4.69, 9.17) is 0 Å². The largest absolute Gasteiger partial charge is 0.416 e. The Hall–Kier alpha value is -2.60. The maximum atomic E-state index is 13.4. The van der Waals surface area contributed by atoms with Crippen LogP contribution in [0.15, 0.2) is 60.7 Å². The quantitative estimate of drug-likeness (QED) is 0.675. The third-order valence-corrected chi connectivity index (χ3v) is 5.92. The van der Waals surface area contributed by atoms with Gasteiger partial charge in [0.25, 0.3) is 5.91 Å². The number of hydrogen-bond acceptors (Lipinski definition) is 2. The highest BCUT2D eigenvalue weighted by Gasteiger charge is 2.33. The molecule has 0 spiro atoms. The Labute approximate surface area is 174 Å². The number of likely N-dealkylation sites (tertiary alicyclic amines) is 1. The highest BCUT2D eigenvalue weighted by atomic mass is 19.4. The Morgan fingerprint density at radius 2 is 1.57 bits per heavy atom. The van der Waals surface area contributed by atoms with Crippen molar-refractivity contribution in [3.63, 3.8) is 0 Å². The van der Waals surface area contributed by atoms with Gasteiger partial charge in [-0.05, 0) is 55.6 Å². The number of hydrogen-bond donors (Lipinski definition) is 0. The minimum atomic E-state index is -4.39. The molecule has 4 rings (SSSR count). The second kappa shape index (κ2) is 8.64. The van der Waals surface area contributed by atoms with Crippen molar-refractivity contribution < 1.29 is 18.0 Å². The van der Waals surface area contributed by atoms with Crippen molar-refractivity contribution in [1.82, 2.24) is 9.80 Å². The molecule has 2 aliphatic rings. The SMILES string of the molecule is O=C1C(c2ccc(C(F)(F)F)cc2)=CCCN1[C@H](CN1CCCC1)c1ccccc1. The van der Waals surface area contributed by atoms with Crippen LogP contribution in [0.4, 0.5) is 13.2 Å². The number of alkyl halides is 3. The Bertz CT molecular complexity index is 900. The van der Waals surface area contributed by atoms with Gasteiger partial charge in [0.05, 0.1) is 11.6 Å². The van der Waals surface area contributed by atoms with Gasteiger partial charge in [-0.3, -0.25) is 4.79 Å². The Morgan fingerprint density at radius 1 is 0.900 bits per heavy atom. The highest BCUT2D eigenvalue weighted by Crippen LogP contribution is 2.33. The summed E-state index contributed by atoms with van der Waals surface area (Å²) in [5.74, 6) is -0.117. The van der Waals surface area contributed by atoms with Crippen LogP contribution in [0.1, 0.15) is 42.0 Å². The molecule has 158 valence electrons. The molecular formula is C24H25F3N2O. The second-order valence-corrected chi connectivity index (χ2v) is 7.91. The zero-order chi connectivity index (χ0) is 21.1. The molecule has 0 saturated carbocycles. The molecule has 1 fully saturated rings. The zero-order valence-corrected chi connectivity index (χ0v) is 16.7. The highest BCUT2D eigenvalue weighted by molar-refractivity contribution is 6.20. The Kier molecular flexibility index (Phi) is 5.95. The predicted octanol–water partition coefficient (Wildman–Crippen LogP) is 5.16. The minimum Gasteiger partial charge on any atom is -0.330 e. The van der Waals surface area contributed by atoms with Gasteiger partial charge in [0.1, 0.15) is 0 Å². The molecule has 1 amide bonds. The molecule has 1 atom stereocenters. The molecule has 2 aromatic carbocycles. The molecule has 0 aromatic heterocycles. The van der Waals surface area contributed by atoms with Crippen LogP contribution in [0.25, 0.3) is 5.57 Å². The smallest absolute Gasteiger partial charge is 0.330 e. The fourth-order valence-corrected chi connectivity index (χ4v) is 4.34. The molecule has 0 bridgehead atoms. The van der Waals surface area contributed by atoms with Crippen molar-refractivity contribution in [2.75, 3.05) is 26.2 Å². The summed E-state index contributed by atoms with van der Waals surface area (Å²) in [7, 11) is 0. The van der Waals surface area contributed by atoms with Crippen LogP contribution in [0.3, 0.4) is 0 Å². The van der Waals surface area contributed by atoms with E-state index in [9.17, 15) is 18.0 Å². The maximum Gasteiger partial charge on any atom is 0.416 e. The van der Waals surface area contributed by atoms with Gasteiger partial charge in [-0.25, -0.2) is 0 Å². The zero-order valence-electron chi connectivity index (χ0n) is 16.7. The lowest BCUT2D eigenvalue weighted by molar-refractivity contribution is -0.137. The lowest BCUT2D eigenvalue weighted by Crippen LogP contribution is -2.43. The summed E-state index contributed by atoms with van der Waals surface area (Å²) in [6, 6.07) is 14.8. The van der Waals surface area contributed by atoms with Gasteiger partial charge in [0.15, 0.2) is 0 Å². The molecule has 2 aliphatic heterocycles. The van der Waals surface area contributed by atoms with Crippen LogP contribution in [-0.4, -0.2) is 41.9 Å². The van der Waals surface area contributed by atoms with Crippen LogP contribution < -0.4 is 0 Å². The maximum absolute atomic E-state index is 13.4. The Balaban J connectivity index is 1.60. The van der Waals surface area contributed by atoms with Crippen molar-refractivity contribution in [1.29, 1.82) is 0 Å². The molecule has 1 saturated heterocycles. The van der Waals surface area contributed by atoms with Gasteiger partial charge < -0.3 is 9.80 Å². The first-order chi connectivity index (χ1) is 14.4. The molecule has 0 N–H and O–H groups in total. The van der Waals surface area contributed by atoms with E-state index in [2.05, 4.69) is 4.90 Å². The summed E-state index contributed by atoms with van der Waals surface area (Å²) in [6.07, 6.45) is 0.493. The molecule has 0 radical (unpaired) electrons. The van der Waals surface area contributed by atoms with Crippen molar-refractivity contribution in [2.45, 2.75) is 31.5 Å². The van der Waals surface area contributed by atoms with Gasteiger partial charge in [0.2, 0.25) is 0 Å². The average molecular weight is 414 g/mol. The number of rotatable bonds is 5. The van der Waals surface area contributed by atoms with E-state index < -0.39 is 11.7 Å². The first-order valence-corrected chi connectivity index (χ1v) is 10.4. The summed E-state index contributed by atoms with van der Waals surface area (Å²) >= 11 is 0. The number of carbonyl (C=O) groups is 1. The number of amides is 1. The van der Waals surface area contributed by atoms with E-state index in [1.54, 1.807) is 0 Å². The van der Waals surface area contributed by atoms with E-state index in [1.807, 2.05) is 41.3 Å². The van der Waals surface area contributed by atoms with Crippen LogP contribution >= 0.6 is 0 Å². The lowest BCUT2D eigenvalue weighted by Gasteiger charge is -2.37. The van der Waals surface area contributed by atoms with Crippen LogP contribution in [0, 0.1) is 0 Å². The standard InChI is InChI=1S/C24H25F3N2O/c25-24(26,27)20-12-10-18(11-13-20)21-9-6-16-29(23(21)30)22(17-28-14-4-5-15-28)19-7-2-1-3-8-19/h1-3,7-13,22H,4-6,14-17H2/t22-/m1/s1. The van der Waals surface area contributed by atoms with Gasteiger partial charge in [-0.2, -0.15) is 13.2 Å². The third kappa shape index (κ3) is 4.43. The summed E-state index contributed by atoms with van der Waals surface area (Å²) in [4.78, 5) is 17.7. The number of halogens is 3. The summed E-state index contributed by atoms with van der Waals surface area (Å²) in [6.45, 7) is 3.45. The first-order valence-electron chi connectivity index (χ1n) is 10.4. The van der Waals surface area contributed by atoms with Gasteiger partial charge in [0, 0.05) is 18.7 Å². The van der Waals surface area contributed by atoms with Crippen LogP contribution in [-0.2, 0) is 11.0 Å². The van der Waals surface area contributed by atoms with Crippen molar-refractivity contribution in [3.8, 4) is 0 Å². The van der Waals surface area contributed by atoms with E-state index in [0.29, 0.717) is 24.1 Å². The second-order valence-electron chi connectivity index (χ2n) is 7.91. The topological polar surface area (TPSA) is 23.6 Å². The van der Waals surface area contributed by atoms with Crippen molar-refractivity contribution in [3.05, 3.63) is 77.4 Å². The molecule has 6 heteroatoms. The number of benzene rings is 2. The fourth-order valence-electron chi connectivity index (χ4n) is 4.34. The normalized spacial score (nSPS) is 19.1. The summed E-state index contributed by atoms with van der Waals surface area (Å²) in [5.41, 5.74) is 1.40. The van der Waals surface area contributed by atoms with Gasteiger partial charge in [-0.1, -0.05) is 48.5 Å². The van der Waals surface area contributed by atoms with Crippen molar-refractivity contribution in [2.24, 2.45) is 0 Å².